The molecule has 0 saturated carbocycles. The van der Waals surface area contributed by atoms with E-state index in [0.717, 1.165) is 17.7 Å². The number of carbonyl (C=O) groups is 1. The molecule has 192 valence electrons. The minimum Gasteiger partial charge on any atom is -0.326 e. The molecule has 37 heavy (non-hydrogen) atoms. The van der Waals surface area contributed by atoms with Crippen LogP contribution in [0, 0.1) is 34.9 Å². The predicted octanol–water partition coefficient (Wildman–Crippen LogP) is 6.78. The van der Waals surface area contributed by atoms with Crippen molar-refractivity contribution in [3.8, 4) is 0 Å². The van der Waals surface area contributed by atoms with E-state index in [4.69, 9.17) is 5.73 Å². The average Bonchev–Trinajstić information content (AvgIpc) is 2.88. The van der Waals surface area contributed by atoms with Crippen molar-refractivity contribution < 1.29 is 31.1 Å². The molecule has 4 aromatic rings. The third kappa shape index (κ3) is 10.5. The maximum absolute atomic E-state index is 13.3. The number of benzene rings is 4. The summed E-state index contributed by atoms with van der Waals surface area (Å²) >= 11 is 0. The number of rotatable bonds is 5. The summed E-state index contributed by atoms with van der Waals surface area (Å²) in [4.78, 5) is 14.0. The maximum atomic E-state index is 13.3. The Balaban J connectivity index is 0.000000214. The van der Waals surface area contributed by atoms with E-state index in [0.29, 0.717) is 23.0 Å². The Morgan fingerprint density at radius 1 is 0.595 bits per heavy atom. The van der Waals surface area contributed by atoms with Crippen molar-refractivity contribution in [1.82, 2.24) is 0 Å². The molecule has 3 nitrogen and oxygen atoms in total. The van der Waals surface area contributed by atoms with Crippen LogP contribution in [0.5, 0.6) is 0 Å². The van der Waals surface area contributed by atoms with Gasteiger partial charge in [-0.15, -0.1) is 0 Å². The molecule has 2 N–H and O–H groups in total. The van der Waals surface area contributed by atoms with Gasteiger partial charge in [-0.25, -0.2) is 26.3 Å². The van der Waals surface area contributed by atoms with Gasteiger partial charge in [-0.2, -0.15) is 0 Å². The molecular weight excluding hydrogens is 494 g/mol. The normalized spacial score (nSPS) is 10.2. The molecule has 0 spiro atoms. The van der Waals surface area contributed by atoms with Crippen LogP contribution in [0.2, 0.25) is 0 Å². The number of hydrogen-bond donors (Lipinski definition) is 1. The Labute approximate surface area is 209 Å². The van der Waals surface area contributed by atoms with Crippen LogP contribution in [-0.4, -0.2) is 12.5 Å². The number of nitrogens with zero attached hydrogens (tertiary/aromatic N) is 1. The molecule has 0 unspecified atom stereocenters. The summed E-state index contributed by atoms with van der Waals surface area (Å²) in [5.74, 6) is -3.03. The third-order valence-corrected chi connectivity index (χ3v) is 4.63. The molecule has 0 atom stereocenters. The predicted molar refractivity (Wildman–Crippen MR) is 130 cm³/mol. The van der Waals surface area contributed by atoms with Crippen molar-refractivity contribution in [2.45, 2.75) is 13.1 Å². The van der Waals surface area contributed by atoms with Crippen molar-refractivity contribution in [1.29, 1.82) is 0 Å². The second kappa shape index (κ2) is 15.0. The second-order valence-corrected chi connectivity index (χ2v) is 7.37. The lowest BCUT2D eigenvalue weighted by molar-refractivity contribution is 0.112. The van der Waals surface area contributed by atoms with Crippen LogP contribution in [0.25, 0.3) is 0 Å². The van der Waals surface area contributed by atoms with Gasteiger partial charge in [-0.1, -0.05) is 24.3 Å². The van der Waals surface area contributed by atoms with Gasteiger partial charge in [0.15, 0.2) is 0 Å². The quantitative estimate of drug-likeness (QED) is 0.181. The molecule has 0 aromatic heterocycles. The minimum absolute atomic E-state index is 0.103. The Morgan fingerprint density at radius 3 is 1.46 bits per heavy atom. The summed E-state index contributed by atoms with van der Waals surface area (Å²) in [5, 5.41) is 0. The van der Waals surface area contributed by atoms with Gasteiger partial charge >= 0.3 is 0 Å². The molecule has 0 aliphatic rings. The highest BCUT2D eigenvalue weighted by atomic mass is 19.2. The SMILES string of the molecule is Fc1ccc(C=NCc2ccc(F)cc2F)cc1.NCc1ccc(F)cc1F.O=Cc1ccc(F)cc1. The largest absolute Gasteiger partial charge is 0.326 e. The highest BCUT2D eigenvalue weighted by Crippen LogP contribution is 2.11. The van der Waals surface area contributed by atoms with Crippen LogP contribution in [-0.2, 0) is 13.1 Å². The summed E-state index contributed by atoms with van der Waals surface area (Å²) in [6, 6.07) is 17.9. The van der Waals surface area contributed by atoms with Crippen LogP contribution in [0.15, 0.2) is 89.9 Å². The summed E-state index contributed by atoms with van der Waals surface area (Å²) in [7, 11) is 0. The first-order valence-corrected chi connectivity index (χ1v) is 10.8. The first kappa shape index (κ1) is 29.0. The zero-order valence-electron chi connectivity index (χ0n) is 19.4. The standard InChI is InChI=1S/C14H10F3N.C7H7F2N.C7H5FO/c15-12-4-1-10(2-5-12)8-18-9-11-3-6-13(16)7-14(11)17;8-6-2-1-5(4-10)7(9)3-6;8-7-3-1-6(5-9)2-4-7/h1-8H,9H2;1-3H,4,10H2;1-5H. The lowest BCUT2D eigenvalue weighted by Gasteiger charge is -1.99. The van der Waals surface area contributed by atoms with E-state index in [1.165, 1.54) is 66.9 Å². The van der Waals surface area contributed by atoms with Crippen molar-refractivity contribution in [2.24, 2.45) is 10.7 Å². The van der Waals surface area contributed by atoms with Crippen molar-refractivity contribution in [3.63, 3.8) is 0 Å². The molecule has 0 bridgehead atoms. The lowest BCUT2D eigenvalue weighted by atomic mass is 10.2. The maximum Gasteiger partial charge on any atom is 0.150 e. The number of aldehydes is 1. The fourth-order valence-corrected chi connectivity index (χ4v) is 2.68. The number of nitrogens with two attached hydrogens (primary N) is 1. The van der Waals surface area contributed by atoms with E-state index in [2.05, 4.69) is 4.99 Å². The number of halogens is 6. The van der Waals surface area contributed by atoms with Gasteiger partial charge in [0.1, 0.15) is 41.2 Å². The summed E-state index contributed by atoms with van der Waals surface area (Å²) in [6.45, 7) is 0.218. The average molecular weight is 516 g/mol. The summed E-state index contributed by atoms with van der Waals surface area (Å²) in [5.41, 5.74) is 7.01. The van der Waals surface area contributed by atoms with Gasteiger partial charge in [0.25, 0.3) is 0 Å². The van der Waals surface area contributed by atoms with Gasteiger partial charge in [0.2, 0.25) is 0 Å². The van der Waals surface area contributed by atoms with Gasteiger partial charge in [-0.3, -0.25) is 9.79 Å². The molecule has 0 amide bonds. The molecule has 9 heteroatoms. The highest BCUT2D eigenvalue weighted by molar-refractivity contribution is 5.79. The van der Waals surface area contributed by atoms with Crippen LogP contribution in [0.1, 0.15) is 27.0 Å². The van der Waals surface area contributed by atoms with Crippen molar-refractivity contribution >= 4 is 12.5 Å². The Morgan fingerprint density at radius 2 is 1.03 bits per heavy atom. The van der Waals surface area contributed by atoms with E-state index in [1.807, 2.05) is 0 Å². The molecule has 4 rings (SSSR count). The Kier molecular flexibility index (Phi) is 11.8. The van der Waals surface area contributed by atoms with Crippen LogP contribution in [0.3, 0.4) is 0 Å². The topological polar surface area (TPSA) is 55.4 Å². The van der Waals surface area contributed by atoms with Gasteiger partial charge < -0.3 is 5.73 Å². The third-order valence-electron chi connectivity index (χ3n) is 4.63. The van der Waals surface area contributed by atoms with Gasteiger partial charge in [0.05, 0.1) is 6.54 Å². The van der Waals surface area contributed by atoms with Gasteiger partial charge in [-0.05, 0) is 54.1 Å². The molecule has 4 aromatic carbocycles. The number of hydrogen-bond acceptors (Lipinski definition) is 3. The highest BCUT2D eigenvalue weighted by Gasteiger charge is 2.02. The molecular formula is C28H22F6N2O. The molecule has 0 fully saturated rings. The molecule has 0 radical (unpaired) electrons. The van der Waals surface area contributed by atoms with Crippen molar-refractivity contribution in [3.05, 3.63) is 142 Å². The fourth-order valence-electron chi connectivity index (χ4n) is 2.68. The summed E-state index contributed by atoms with van der Waals surface area (Å²) < 4.78 is 75.4. The smallest absolute Gasteiger partial charge is 0.150 e. The minimum atomic E-state index is -0.619. The summed E-state index contributed by atoms with van der Waals surface area (Å²) in [6.07, 6.45) is 2.20. The Bertz CT molecular complexity index is 1310. The van der Waals surface area contributed by atoms with Gasteiger partial charge in [0, 0.05) is 41.6 Å². The van der Waals surface area contributed by atoms with Crippen molar-refractivity contribution in [2.75, 3.05) is 0 Å². The van der Waals surface area contributed by atoms with Crippen LogP contribution < -0.4 is 5.73 Å². The first-order chi connectivity index (χ1) is 17.7. The Hall–Kier alpha value is -4.24. The number of aliphatic imine (C=N–C) groups is 1. The lowest BCUT2D eigenvalue weighted by Crippen LogP contribution is -1.99. The van der Waals surface area contributed by atoms with E-state index in [9.17, 15) is 31.1 Å². The zero-order chi connectivity index (χ0) is 27.2. The monoisotopic (exact) mass is 516 g/mol. The fraction of sp³-hybridized carbons (Fsp3) is 0.0714. The molecule has 0 saturated heterocycles. The second-order valence-electron chi connectivity index (χ2n) is 7.37. The van der Waals surface area contributed by atoms with E-state index >= 15 is 0 Å². The molecule has 0 aliphatic heterocycles. The number of carbonyl (C=O) groups excluding carboxylic acids is 1. The van der Waals surface area contributed by atoms with E-state index in [-0.39, 0.29) is 24.7 Å². The first-order valence-electron chi connectivity index (χ1n) is 10.8. The zero-order valence-corrected chi connectivity index (χ0v) is 19.4. The molecule has 0 aliphatic carbocycles. The van der Waals surface area contributed by atoms with Crippen LogP contribution in [0.4, 0.5) is 26.3 Å². The van der Waals surface area contributed by atoms with E-state index < -0.39 is 23.3 Å². The van der Waals surface area contributed by atoms with Crippen LogP contribution >= 0.6 is 0 Å². The van der Waals surface area contributed by atoms with E-state index in [1.54, 1.807) is 12.1 Å². The molecule has 0 heterocycles.